The number of para-hydroxylation sites is 1. The molecule has 27 heavy (non-hydrogen) atoms. The number of halogens is 1. The van der Waals surface area contributed by atoms with Crippen molar-refractivity contribution in [3.8, 4) is 0 Å². The summed E-state index contributed by atoms with van der Waals surface area (Å²) in [5, 5.41) is 2.85. The summed E-state index contributed by atoms with van der Waals surface area (Å²) < 4.78 is 0. The van der Waals surface area contributed by atoms with Crippen LogP contribution in [0.5, 0.6) is 0 Å². The first-order chi connectivity index (χ1) is 12.7. The monoisotopic (exact) mass is 384 g/mol. The Hall–Kier alpha value is -2.10. The van der Waals surface area contributed by atoms with Gasteiger partial charge in [0.05, 0.1) is 0 Å². The SMILES string of the molecule is CN1CCCCC1CCc1ccc(C=CC(=O)Nc2ccccc2)cc1.Cl. The molecule has 0 aromatic heterocycles. The second-order valence-electron chi connectivity index (χ2n) is 7.10. The van der Waals surface area contributed by atoms with E-state index in [2.05, 4.69) is 41.5 Å². The Morgan fingerprint density at radius 1 is 1.11 bits per heavy atom. The number of piperidine rings is 1. The highest BCUT2D eigenvalue weighted by Gasteiger charge is 2.18. The Morgan fingerprint density at radius 3 is 2.56 bits per heavy atom. The highest BCUT2D eigenvalue weighted by Crippen LogP contribution is 2.20. The number of likely N-dealkylation sites (tertiary alicyclic amines) is 1. The van der Waals surface area contributed by atoms with Crippen molar-refractivity contribution in [2.45, 2.75) is 38.1 Å². The molecule has 0 bridgehead atoms. The molecule has 0 aliphatic carbocycles. The second kappa shape index (κ2) is 10.9. The summed E-state index contributed by atoms with van der Waals surface area (Å²) in [6.07, 6.45) is 9.82. The summed E-state index contributed by atoms with van der Waals surface area (Å²) in [4.78, 5) is 14.5. The number of amides is 1. The van der Waals surface area contributed by atoms with Gasteiger partial charge < -0.3 is 10.2 Å². The van der Waals surface area contributed by atoms with E-state index in [-0.39, 0.29) is 18.3 Å². The van der Waals surface area contributed by atoms with Crippen molar-refractivity contribution in [2.75, 3.05) is 18.9 Å². The fourth-order valence-electron chi connectivity index (χ4n) is 3.51. The van der Waals surface area contributed by atoms with E-state index >= 15 is 0 Å². The number of hydrogen-bond donors (Lipinski definition) is 1. The number of carbonyl (C=O) groups is 1. The lowest BCUT2D eigenvalue weighted by molar-refractivity contribution is -0.111. The number of hydrogen-bond acceptors (Lipinski definition) is 2. The zero-order valence-electron chi connectivity index (χ0n) is 15.9. The Labute approximate surface area is 168 Å². The maximum Gasteiger partial charge on any atom is 0.248 e. The van der Waals surface area contributed by atoms with Crippen LogP contribution in [-0.4, -0.2) is 30.4 Å². The minimum atomic E-state index is -0.111. The Morgan fingerprint density at radius 2 is 1.85 bits per heavy atom. The molecule has 0 radical (unpaired) electrons. The first kappa shape index (κ1) is 21.2. The standard InChI is InChI=1S/C23H28N2O.ClH/c1-25-18-6-5-9-22(25)16-14-19-10-12-20(13-11-19)15-17-23(26)24-21-7-3-2-4-8-21;/h2-4,7-8,10-13,15,17,22H,5-6,9,14,16,18H2,1H3,(H,24,26);1H. The Balaban J connectivity index is 0.00000261. The van der Waals surface area contributed by atoms with Crippen molar-refractivity contribution in [1.29, 1.82) is 0 Å². The van der Waals surface area contributed by atoms with Gasteiger partial charge in [-0.3, -0.25) is 4.79 Å². The molecule has 1 saturated heterocycles. The van der Waals surface area contributed by atoms with Crippen molar-refractivity contribution >= 4 is 30.1 Å². The summed E-state index contributed by atoms with van der Waals surface area (Å²) in [6, 6.07) is 18.8. The molecule has 1 aliphatic heterocycles. The molecule has 4 heteroatoms. The van der Waals surface area contributed by atoms with Gasteiger partial charge in [0.2, 0.25) is 5.91 Å². The molecule has 0 spiro atoms. The summed E-state index contributed by atoms with van der Waals surface area (Å²) in [6.45, 7) is 1.24. The zero-order valence-corrected chi connectivity index (χ0v) is 16.8. The lowest BCUT2D eigenvalue weighted by atomic mass is 9.96. The van der Waals surface area contributed by atoms with Crippen LogP contribution in [0.15, 0.2) is 60.7 Å². The normalized spacial score (nSPS) is 17.4. The minimum Gasteiger partial charge on any atom is -0.323 e. The van der Waals surface area contributed by atoms with Gasteiger partial charge in [-0.1, -0.05) is 48.9 Å². The molecule has 1 amide bonds. The van der Waals surface area contributed by atoms with E-state index in [1.807, 2.05) is 36.4 Å². The van der Waals surface area contributed by atoms with E-state index in [0.717, 1.165) is 23.7 Å². The van der Waals surface area contributed by atoms with Crippen LogP contribution in [0.1, 0.15) is 36.8 Å². The molecule has 3 rings (SSSR count). The first-order valence-electron chi connectivity index (χ1n) is 9.54. The highest BCUT2D eigenvalue weighted by molar-refractivity contribution is 6.01. The largest absolute Gasteiger partial charge is 0.323 e. The number of nitrogens with zero attached hydrogens (tertiary/aromatic N) is 1. The van der Waals surface area contributed by atoms with Crippen LogP contribution in [0.3, 0.4) is 0 Å². The molecule has 3 nitrogen and oxygen atoms in total. The molecule has 2 aromatic carbocycles. The molecular formula is C23H29ClN2O. The fraction of sp³-hybridized carbons (Fsp3) is 0.348. The van der Waals surface area contributed by atoms with Gasteiger partial charge in [0.1, 0.15) is 0 Å². The van der Waals surface area contributed by atoms with Crippen LogP contribution in [0, 0.1) is 0 Å². The average Bonchev–Trinajstić information content (AvgIpc) is 2.67. The number of anilines is 1. The molecule has 1 N–H and O–H groups in total. The number of nitrogens with one attached hydrogen (secondary N) is 1. The fourth-order valence-corrected chi connectivity index (χ4v) is 3.51. The van der Waals surface area contributed by atoms with E-state index in [4.69, 9.17) is 0 Å². The summed E-state index contributed by atoms with van der Waals surface area (Å²) in [5.41, 5.74) is 3.23. The molecule has 1 unspecified atom stereocenters. The number of aryl methyl sites for hydroxylation is 1. The maximum atomic E-state index is 12.0. The van der Waals surface area contributed by atoms with Gasteiger partial charge in [0.25, 0.3) is 0 Å². The summed E-state index contributed by atoms with van der Waals surface area (Å²) in [7, 11) is 2.25. The molecule has 1 heterocycles. The predicted octanol–water partition coefficient (Wildman–Crippen LogP) is 5.18. The van der Waals surface area contributed by atoms with E-state index in [9.17, 15) is 4.79 Å². The summed E-state index contributed by atoms with van der Waals surface area (Å²) in [5.74, 6) is -0.111. The lowest BCUT2D eigenvalue weighted by Crippen LogP contribution is -2.36. The van der Waals surface area contributed by atoms with Gasteiger partial charge in [-0.15, -0.1) is 12.4 Å². The minimum absolute atomic E-state index is 0. The second-order valence-corrected chi connectivity index (χ2v) is 7.10. The zero-order chi connectivity index (χ0) is 18.2. The third kappa shape index (κ3) is 6.85. The van der Waals surface area contributed by atoms with Crippen LogP contribution in [0.2, 0.25) is 0 Å². The van der Waals surface area contributed by atoms with Crippen molar-refractivity contribution in [3.05, 3.63) is 71.8 Å². The molecule has 1 aliphatic rings. The lowest BCUT2D eigenvalue weighted by Gasteiger charge is -2.32. The molecule has 1 fully saturated rings. The smallest absolute Gasteiger partial charge is 0.248 e. The van der Waals surface area contributed by atoms with Gasteiger partial charge in [0, 0.05) is 17.8 Å². The van der Waals surface area contributed by atoms with Crippen LogP contribution in [0.4, 0.5) is 5.69 Å². The topological polar surface area (TPSA) is 32.3 Å². The first-order valence-corrected chi connectivity index (χ1v) is 9.54. The Kier molecular flexibility index (Phi) is 8.56. The van der Waals surface area contributed by atoms with Crippen molar-refractivity contribution in [3.63, 3.8) is 0 Å². The van der Waals surface area contributed by atoms with Gasteiger partial charge in [-0.05, 0) is 68.6 Å². The highest BCUT2D eigenvalue weighted by atomic mass is 35.5. The van der Waals surface area contributed by atoms with Crippen LogP contribution in [0.25, 0.3) is 6.08 Å². The molecule has 0 saturated carbocycles. The molecule has 1 atom stereocenters. The van der Waals surface area contributed by atoms with Crippen LogP contribution in [-0.2, 0) is 11.2 Å². The van der Waals surface area contributed by atoms with E-state index in [0.29, 0.717) is 0 Å². The molecular weight excluding hydrogens is 356 g/mol. The van der Waals surface area contributed by atoms with Crippen LogP contribution >= 0.6 is 12.4 Å². The van der Waals surface area contributed by atoms with Crippen molar-refractivity contribution in [1.82, 2.24) is 4.90 Å². The van der Waals surface area contributed by atoms with Gasteiger partial charge in [-0.2, -0.15) is 0 Å². The Bertz CT molecular complexity index is 728. The predicted molar refractivity (Wildman–Crippen MR) is 116 cm³/mol. The quantitative estimate of drug-likeness (QED) is 0.696. The van der Waals surface area contributed by atoms with Gasteiger partial charge >= 0.3 is 0 Å². The third-order valence-corrected chi connectivity index (χ3v) is 5.14. The van der Waals surface area contributed by atoms with Gasteiger partial charge in [0.15, 0.2) is 0 Å². The van der Waals surface area contributed by atoms with E-state index in [1.165, 1.54) is 37.8 Å². The maximum absolute atomic E-state index is 12.0. The average molecular weight is 385 g/mol. The number of carbonyl (C=O) groups excluding carboxylic acids is 1. The van der Waals surface area contributed by atoms with Gasteiger partial charge in [-0.25, -0.2) is 0 Å². The third-order valence-electron chi connectivity index (χ3n) is 5.14. The van der Waals surface area contributed by atoms with Crippen molar-refractivity contribution in [2.24, 2.45) is 0 Å². The van der Waals surface area contributed by atoms with Crippen molar-refractivity contribution < 1.29 is 4.79 Å². The summed E-state index contributed by atoms with van der Waals surface area (Å²) >= 11 is 0. The number of rotatable bonds is 6. The van der Waals surface area contributed by atoms with E-state index < -0.39 is 0 Å². The van der Waals surface area contributed by atoms with Crippen LogP contribution < -0.4 is 5.32 Å². The van der Waals surface area contributed by atoms with E-state index in [1.54, 1.807) is 6.08 Å². The molecule has 2 aromatic rings. The molecule has 144 valence electrons. The number of benzene rings is 2.